The molecule has 1 aliphatic heterocycles. The second-order valence-corrected chi connectivity index (χ2v) is 11.5. The monoisotopic (exact) mass is 514 g/mol. The zero-order chi connectivity index (χ0) is 24.8. The van der Waals surface area contributed by atoms with Gasteiger partial charge in [-0.05, 0) is 73.4 Å². The molecule has 190 valence electrons. The van der Waals surface area contributed by atoms with Crippen LogP contribution in [0.25, 0.3) is 0 Å². The third kappa shape index (κ3) is 4.90. The number of carbonyl (C=O) groups is 1. The molecule has 0 aromatic heterocycles. The number of benzene rings is 1. The highest BCUT2D eigenvalue weighted by Gasteiger charge is 2.58. The fourth-order valence-electron chi connectivity index (χ4n) is 6.16. The predicted octanol–water partition coefficient (Wildman–Crippen LogP) is 2.32. The van der Waals surface area contributed by atoms with E-state index in [1.165, 1.54) is 22.6 Å². The summed E-state index contributed by atoms with van der Waals surface area (Å²) < 4.78 is 50.5. The maximum absolute atomic E-state index is 14.0. The average Bonchev–Trinajstić information content (AvgIpc) is 3.41. The second-order valence-electron chi connectivity index (χ2n) is 10.0. The summed E-state index contributed by atoms with van der Waals surface area (Å²) in [6.07, 6.45) is 3.70. The topological polar surface area (TPSA) is 85.4 Å². The van der Waals surface area contributed by atoms with E-state index in [1.54, 1.807) is 25.1 Å². The van der Waals surface area contributed by atoms with Crippen LogP contribution >= 0.6 is 9.24 Å². The summed E-state index contributed by atoms with van der Waals surface area (Å²) >= 11 is -2.48. The highest BCUT2D eigenvalue weighted by molar-refractivity contribution is 7.76. The van der Waals surface area contributed by atoms with Crippen molar-refractivity contribution < 1.29 is 27.4 Å². The third-order valence-electron chi connectivity index (χ3n) is 7.76. The molecule has 8 unspecified atom stereocenters. The molecule has 1 heterocycles. The van der Waals surface area contributed by atoms with E-state index in [0.29, 0.717) is 12.3 Å². The zero-order valence-electron chi connectivity index (χ0n) is 20.1. The Kier molecular flexibility index (Phi) is 7.68. The fraction of sp³-hybridized carbons (Fsp3) is 0.696. The summed E-state index contributed by atoms with van der Waals surface area (Å²) in [6, 6.07) is 4.15. The summed E-state index contributed by atoms with van der Waals surface area (Å²) in [7, 11) is 7.24. The normalized spacial score (nSPS) is 33.8. The lowest BCUT2D eigenvalue weighted by Crippen LogP contribution is -2.54. The first-order chi connectivity index (χ1) is 16.1. The van der Waals surface area contributed by atoms with Crippen LogP contribution in [0.4, 0.5) is 9.18 Å². The number of carbonyl (C=O) groups excluding carboxylic acids is 1. The summed E-state index contributed by atoms with van der Waals surface area (Å²) in [5, 5.41) is 2.38. The number of methoxy groups -OCH3 is 1. The quantitative estimate of drug-likeness (QED) is 0.316. The van der Waals surface area contributed by atoms with E-state index in [4.69, 9.17) is 9.47 Å². The van der Waals surface area contributed by atoms with Gasteiger partial charge >= 0.3 is 6.09 Å². The van der Waals surface area contributed by atoms with Gasteiger partial charge in [-0.1, -0.05) is 6.07 Å². The largest absolute Gasteiger partial charge is 0.759 e. The lowest BCUT2D eigenvalue weighted by Gasteiger charge is -2.39. The number of hydrazine groups is 1. The third-order valence-corrected chi connectivity index (χ3v) is 9.00. The molecule has 0 spiro atoms. The Balaban J connectivity index is 1.44. The van der Waals surface area contributed by atoms with Crippen molar-refractivity contribution in [3.05, 3.63) is 29.6 Å². The molecule has 8 nitrogen and oxygen atoms in total. The Morgan fingerprint density at radius 3 is 2.68 bits per heavy atom. The molecule has 11 heteroatoms. The Hall–Kier alpha value is -1.16. The minimum atomic E-state index is -2.48. The number of ether oxygens (including phenoxy) is 2. The van der Waals surface area contributed by atoms with E-state index in [2.05, 4.69) is 15.3 Å². The number of likely N-dealkylation sites (tertiary alicyclic amines) is 1. The van der Waals surface area contributed by atoms with Gasteiger partial charge in [0, 0.05) is 31.4 Å². The number of nitrogens with zero attached hydrogens (tertiary/aromatic N) is 3. The molecule has 1 saturated heterocycles. The first-order valence-corrected chi connectivity index (χ1v) is 13.3. The van der Waals surface area contributed by atoms with E-state index < -0.39 is 29.4 Å². The second kappa shape index (κ2) is 10.1. The van der Waals surface area contributed by atoms with E-state index >= 15 is 0 Å². The standard InChI is InChI=1S/C23H35FN3O5PS/c1-14-7-20(27(25(2)3)34(29)30)21(26(14)22(28)31-4)13-32-18-5-6-23(12-16(23)9-18)15-8-17(24)11-19(33)10-15/h8,10-11,14,16,18,20-21H,5-7,9,12-13,33H2,1-4H3,(H,29,30)/p-1. The lowest BCUT2D eigenvalue weighted by atomic mass is 9.81. The van der Waals surface area contributed by atoms with Crippen LogP contribution in [0.3, 0.4) is 0 Å². The molecule has 0 bridgehead atoms. The molecular formula is C23H34FN3O5PS-. The molecule has 0 radical (unpaired) electrons. The minimum absolute atomic E-state index is 0.0197. The Morgan fingerprint density at radius 2 is 2.09 bits per heavy atom. The number of halogens is 1. The Labute approximate surface area is 205 Å². The number of hydrogen-bond donors (Lipinski definition) is 0. The van der Waals surface area contributed by atoms with Gasteiger partial charge in [-0.15, -0.1) is 9.24 Å². The molecule has 2 aliphatic carbocycles. The van der Waals surface area contributed by atoms with Gasteiger partial charge in [0.1, 0.15) is 5.82 Å². The van der Waals surface area contributed by atoms with Crippen LogP contribution in [0.5, 0.6) is 0 Å². The minimum Gasteiger partial charge on any atom is -0.759 e. The Morgan fingerprint density at radius 1 is 1.35 bits per heavy atom. The molecule has 1 aromatic rings. The molecule has 0 N–H and O–H groups in total. The molecule has 3 aliphatic rings. The van der Waals surface area contributed by atoms with Crippen molar-refractivity contribution >= 4 is 31.9 Å². The maximum atomic E-state index is 14.0. The maximum Gasteiger partial charge on any atom is 0.410 e. The number of fused-ring (bicyclic) bond motifs is 1. The van der Waals surface area contributed by atoms with Crippen molar-refractivity contribution in [1.82, 2.24) is 14.3 Å². The van der Waals surface area contributed by atoms with E-state index in [9.17, 15) is 17.9 Å². The van der Waals surface area contributed by atoms with Crippen molar-refractivity contribution in [1.29, 1.82) is 0 Å². The van der Waals surface area contributed by atoms with E-state index in [0.717, 1.165) is 36.6 Å². The van der Waals surface area contributed by atoms with Crippen LogP contribution in [0.2, 0.25) is 0 Å². The smallest absolute Gasteiger partial charge is 0.410 e. The average molecular weight is 515 g/mol. The van der Waals surface area contributed by atoms with Crippen molar-refractivity contribution in [3.8, 4) is 0 Å². The van der Waals surface area contributed by atoms with Crippen LogP contribution in [0, 0.1) is 11.7 Å². The predicted molar refractivity (Wildman–Crippen MR) is 129 cm³/mol. The molecule has 4 rings (SSSR count). The Bertz CT molecular complexity index is 935. The van der Waals surface area contributed by atoms with Crippen molar-refractivity contribution in [2.75, 3.05) is 27.8 Å². The number of amides is 1. The van der Waals surface area contributed by atoms with E-state index in [-0.39, 0.29) is 30.0 Å². The highest BCUT2D eigenvalue weighted by Crippen LogP contribution is 2.62. The van der Waals surface area contributed by atoms with Gasteiger partial charge in [0.05, 0.1) is 31.9 Å². The molecule has 8 atom stereocenters. The molecular weight excluding hydrogens is 480 g/mol. The SMILES string of the molecule is COC(=O)N1C(C)CC(N(N(C)C)S(=O)[O-])C1COC1CCC2(c3cc(F)cc(P)c3)CC2C1. The molecule has 34 heavy (non-hydrogen) atoms. The van der Waals surface area contributed by atoms with Gasteiger partial charge in [0.25, 0.3) is 0 Å². The molecule has 2 saturated carbocycles. The number of hydrogen-bond acceptors (Lipinski definition) is 6. The zero-order valence-corrected chi connectivity index (χ0v) is 22.1. The van der Waals surface area contributed by atoms with Gasteiger partial charge < -0.3 is 14.0 Å². The summed E-state index contributed by atoms with van der Waals surface area (Å²) in [6.45, 7) is 2.12. The van der Waals surface area contributed by atoms with Gasteiger partial charge in [-0.25, -0.2) is 14.2 Å². The van der Waals surface area contributed by atoms with Crippen LogP contribution in [0.15, 0.2) is 18.2 Å². The fourth-order valence-corrected chi connectivity index (χ4v) is 7.21. The first-order valence-electron chi connectivity index (χ1n) is 11.7. The highest BCUT2D eigenvalue weighted by atomic mass is 32.2. The van der Waals surface area contributed by atoms with Crippen molar-refractivity contribution in [2.45, 2.75) is 68.7 Å². The number of rotatable bonds is 7. The summed E-state index contributed by atoms with van der Waals surface area (Å²) in [5.74, 6) is 0.242. The molecule has 1 amide bonds. The van der Waals surface area contributed by atoms with Crippen LogP contribution in [-0.4, -0.2) is 81.2 Å². The van der Waals surface area contributed by atoms with Gasteiger partial charge in [0.15, 0.2) is 0 Å². The van der Waals surface area contributed by atoms with Crippen LogP contribution in [-0.2, 0) is 26.2 Å². The summed E-state index contributed by atoms with van der Waals surface area (Å²) in [4.78, 5) is 14.1. The van der Waals surface area contributed by atoms with Gasteiger partial charge in [0.2, 0.25) is 0 Å². The molecule has 1 aromatic carbocycles. The van der Waals surface area contributed by atoms with Gasteiger partial charge in [-0.2, -0.15) is 4.41 Å². The molecule has 3 fully saturated rings. The van der Waals surface area contributed by atoms with Crippen molar-refractivity contribution in [2.24, 2.45) is 5.92 Å². The van der Waals surface area contributed by atoms with Crippen molar-refractivity contribution in [3.63, 3.8) is 0 Å². The van der Waals surface area contributed by atoms with Crippen LogP contribution in [0.1, 0.15) is 44.6 Å². The van der Waals surface area contributed by atoms with Gasteiger partial charge in [-0.3, -0.25) is 9.11 Å². The first kappa shape index (κ1) is 25.9. The van der Waals surface area contributed by atoms with E-state index in [1.807, 2.05) is 6.92 Å². The lowest BCUT2D eigenvalue weighted by molar-refractivity contribution is -0.0285. The summed E-state index contributed by atoms with van der Waals surface area (Å²) in [5.41, 5.74) is 1.11. The van der Waals surface area contributed by atoms with Crippen LogP contribution < -0.4 is 5.30 Å².